The number of hydrogen-bond acceptors (Lipinski definition) is 2. The molecule has 1 atom stereocenters. The molecule has 1 N–H and O–H groups in total. The summed E-state index contributed by atoms with van der Waals surface area (Å²) in [4.78, 5) is 0. The lowest BCUT2D eigenvalue weighted by molar-refractivity contribution is 0.492. The molecule has 0 aliphatic carbocycles. The summed E-state index contributed by atoms with van der Waals surface area (Å²) < 4.78 is 30.0. The normalized spacial score (nSPS) is 12.7. The van der Waals surface area contributed by atoms with Crippen molar-refractivity contribution in [3.63, 3.8) is 0 Å². The van der Waals surface area contributed by atoms with Crippen LogP contribution in [-0.4, -0.2) is 16.8 Å². The van der Waals surface area contributed by atoms with Crippen LogP contribution in [0.3, 0.4) is 0 Å². The summed E-state index contributed by atoms with van der Waals surface area (Å²) in [6.07, 6.45) is 1.04. The van der Waals surface area contributed by atoms with Gasteiger partial charge in [-0.15, -0.1) is 0 Å². The molecule has 1 unspecified atom stereocenters. The first-order valence-corrected chi connectivity index (χ1v) is 7.59. The largest absolute Gasteiger partial charge is 0.311 e. The maximum Gasteiger partial charge on any atom is 0.143 e. The van der Waals surface area contributed by atoms with Gasteiger partial charge in [0.05, 0.1) is 21.9 Å². The number of likely N-dealkylation sites (N-methyl/N-ethyl adjacent to an activating group) is 1. The zero-order chi connectivity index (χ0) is 15.6. The SMILES string of the molecule is CCc1cc(C(Cc2c(F)ccc(Br)c2F)NC)n(C)n1. The monoisotopic (exact) mass is 357 g/mol. The third-order valence-electron chi connectivity index (χ3n) is 3.58. The van der Waals surface area contributed by atoms with Crippen LogP contribution in [0.4, 0.5) is 8.78 Å². The highest BCUT2D eigenvalue weighted by Crippen LogP contribution is 2.26. The average Bonchev–Trinajstić information content (AvgIpc) is 2.85. The Morgan fingerprint density at radius 2 is 2.10 bits per heavy atom. The smallest absolute Gasteiger partial charge is 0.143 e. The van der Waals surface area contributed by atoms with Crippen LogP contribution in [0.15, 0.2) is 22.7 Å². The molecule has 21 heavy (non-hydrogen) atoms. The van der Waals surface area contributed by atoms with E-state index in [1.54, 1.807) is 11.7 Å². The summed E-state index contributed by atoms with van der Waals surface area (Å²) in [6.45, 7) is 2.02. The minimum atomic E-state index is -0.548. The Hall–Kier alpha value is -1.27. The van der Waals surface area contributed by atoms with E-state index >= 15 is 0 Å². The topological polar surface area (TPSA) is 29.9 Å². The molecule has 3 nitrogen and oxygen atoms in total. The van der Waals surface area contributed by atoms with Gasteiger partial charge in [0.25, 0.3) is 0 Å². The maximum absolute atomic E-state index is 14.1. The highest BCUT2D eigenvalue weighted by atomic mass is 79.9. The molecule has 1 heterocycles. The Morgan fingerprint density at radius 3 is 2.67 bits per heavy atom. The summed E-state index contributed by atoms with van der Waals surface area (Å²) in [5, 5.41) is 7.49. The van der Waals surface area contributed by atoms with Gasteiger partial charge in [-0.05, 0) is 54.0 Å². The predicted octanol–water partition coefficient (Wildman–Crippen LogP) is 3.53. The van der Waals surface area contributed by atoms with Crippen molar-refractivity contribution >= 4 is 15.9 Å². The zero-order valence-corrected chi connectivity index (χ0v) is 13.8. The van der Waals surface area contributed by atoms with Crippen LogP contribution in [0.25, 0.3) is 0 Å². The number of nitrogens with one attached hydrogen (secondary N) is 1. The number of benzene rings is 1. The molecular formula is C15H18BrF2N3. The van der Waals surface area contributed by atoms with E-state index in [1.165, 1.54) is 12.1 Å². The molecule has 0 aliphatic rings. The van der Waals surface area contributed by atoms with E-state index in [9.17, 15) is 8.78 Å². The molecule has 114 valence electrons. The Balaban J connectivity index is 2.35. The van der Waals surface area contributed by atoms with Gasteiger partial charge in [-0.2, -0.15) is 5.10 Å². The van der Waals surface area contributed by atoms with Gasteiger partial charge in [0.2, 0.25) is 0 Å². The van der Waals surface area contributed by atoms with Crippen LogP contribution < -0.4 is 5.32 Å². The van der Waals surface area contributed by atoms with Crippen molar-refractivity contribution in [1.29, 1.82) is 0 Å². The molecule has 6 heteroatoms. The Kier molecular flexibility index (Phi) is 5.11. The molecule has 0 radical (unpaired) electrons. The third kappa shape index (κ3) is 3.32. The molecule has 0 saturated heterocycles. The van der Waals surface area contributed by atoms with Gasteiger partial charge in [-0.1, -0.05) is 6.92 Å². The lowest BCUT2D eigenvalue weighted by Crippen LogP contribution is -2.22. The van der Waals surface area contributed by atoms with Gasteiger partial charge in [-0.25, -0.2) is 8.78 Å². The highest BCUT2D eigenvalue weighted by Gasteiger charge is 2.20. The van der Waals surface area contributed by atoms with E-state index in [4.69, 9.17) is 0 Å². The molecule has 0 saturated carbocycles. The number of aromatic nitrogens is 2. The Morgan fingerprint density at radius 1 is 1.38 bits per heavy atom. The van der Waals surface area contributed by atoms with Gasteiger partial charge in [0.15, 0.2) is 0 Å². The van der Waals surface area contributed by atoms with Gasteiger partial charge in [0, 0.05) is 12.6 Å². The summed E-state index contributed by atoms with van der Waals surface area (Å²) >= 11 is 3.10. The van der Waals surface area contributed by atoms with Crippen molar-refractivity contribution in [3.8, 4) is 0 Å². The second-order valence-corrected chi connectivity index (χ2v) is 5.76. The molecule has 0 bridgehead atoms. The fourth-order valence-corrected chi connectivity index (χ4v) is 2.73. The summed E-state index contributed by atoms with van der Waals surface area (Å²) in [7, 11) is 3.61. The summed E-state index contributed by atoms with van der Waals surface area (Å²) in [5.41, 5.74) is 1.94. The molecular weight excluding hydrogens is 340 g/mol. The third-order valence-corrected chi connectivity index (χ3v) is 4.19. The van der Waals surface area contributed by atoms with Crippen molar-refractivity contribution in [3.05, 3.63) is 51.3 Å². The van der Waals surface area contributed by atoms with Crippen LogP contribution >= 0.6 is 15.9 Å². The van der Waals surface area contributed by atoms with Gasteiger partial charge in [0.1, 0.15) is 11.6 Å². The predicted molar refractivity (Wildman–Crippen MR) is 82.1 cm³/mol. The van der Waals surface area contributed by atoms with Crippen molar-refractivity contribution in [2.75, 3.05) is 7.05 Å². The van der Waals surface area contributed by atoms with E-state index < -0.39 is 11.6 Å². The number of aryl methyl sites for hydroxylation is 2. The fourth-order valence-electron chi connectivity index (χ4n) is 2.36. The first kappa shape index (κ1) is 16.1. The molecule has 2 rings (SSSR count). The number of halogens is 3. The average molecular weight is 358 g/mol. The highest BCUT2D eigenvalue weighted by molar-refractivity contribution is 9.10. The van der Waals surface area contributed by atoms with Crippen molar-refractivity contribution < 1.29 is 8.78 Å². The quantitative estimate of drug-likeness (QED) is 0.829. The molecule has 1 aromatic carbocycles. The minimum Gasteiger partial charge on any atom is -0.311 e. The number of nitrogens with zero attached hydrogens (tertiary/aromatic N) is 2. The van der Waals surface area contributed by atoms with Crippen molar-refractivity contribution in [1.82, 2.24) is 15.1 Å². The van der Waals surface area contributed by atoms with Crippen LogP contribution in [0, 0.1) is 11.6 Å². The second kappa shape index (κ2) is 6.66. The summed E-state index contributed by atoms with van der Waals surface area (Å²) in [6, 6.07) is 4.41. The maximum atomic E-state index is 14.1. The van der Waals surface area contributed by atoms with Gasteiger partial charge < -0.3 is 5.32 Å². The van der Waals surface area contributed by atoms with Crippen LogP contribution in [0.2, 0.25) is 0 Å². The van der Waals surface area contributed by atoms with Crippen LogP contribution in [0.5, 0.6) is 0 Å². The van der Waals surface area contributed by atoms with E-state index in [1.807, 2.05) is 20.0 Å². The second-order valence-electron chi connectivity index (χ2n) is 4.90. The Bertz CT molecular complexity index is 640. The number of rotatable bonds is 5. The van der Waals surface area contributed by atoms with Crippen LogP contribution in [-0.2, 0) is 19.9 Å². The van der Waals surface area contributed by atoms with E-state index in [0.717, 1.165) is 17.8 Å². The molecule has 0 fully saturated rings. The lowest BCUT2D eigenvalue weighted by atomic mass is 10.0. The number of hydrogen-bond donors (Lipinski definition) is 1. The fraction of sp³-hybridized carbons (Fsp3) is 0.400. The molecule has 0 aliphatic heterocycles. The molecule has 0 amide bonds. The Labute approximate surface area is 131 Å². The molecule has 2 aromatic rings. The minimum absolute atomic E-state index is 0.0722. The van der Waals surface area contributed by atoms with E-state index in [0.29, 0.717) is 0 Å². The van der Waals surface area contributed by atoms with E-state index in [2.05, 4.69) is 26.3 Å². The van der Waals surface area contributed by atoms with Crippen molar-refractivity contribution in [2.24, 2.45) is 7.05 Å². The summed E-state index contributed by atoms with van der Waals surface area (Å²) in [5.74, 6) is -1.08. The van der Waals surface area contributed by atoms with Crippen LogP contribution in [0.1, 0.15) is 29.9 Å². The first-order chi connectivity index (χ1) is 9.97. The van der Waals surface area contributed by atoms with Crippen molar-refractivity contribution in [2.45, 2.75) is 25.8 Å². The molecule has 0 spiro atoms. The first-order valence-electron chi connectivity index (χ1n) is 6.80. The van der Waals surface area contributed by atoms with Gasteiger partial charge >= 0.3 is 0 Å². The van der Waals surface area contributed by atoms with Gasteiger partial charge in [-0.3, -0.25) is 4.68 Å². The zero-order valence-electron chi connectivity index (χ0n) is 12.3. The van der Waals surface area contributed by atoms with E-state index in [-0.39, 0.29) is 22.5 Å². The lowest BCUT2D eigenvalue weighted by Gasteiger charge is -2.17. The standard InChI is InChI=1S/C15H18BrF2N3/c1-4-9-7-14(21(3)20-9)13(19-2)8-10-12(17)6-5-11(16)15(10)18/h5-7,13,19H,4,8H2,1-3H3. The molecule has 1 aromatic heterocycles.